The van der Waals surface area contributed by atoms with E-state index in [0.29, 0.717) is 16.5 Å². The van der Waals surface area contributed by atoms with Crippen molar-refractivity contribution in [1.82, 2.24) is 25.1 Å². The van der Waals surface area contributed by atoms with Gasteiger partial charge in [-0.25, -0.2) is 4.98 Å². The third-order valence-electron chi connectivity index (χ3n) is 2.40. The number of aromatic amines is 1. The zero-order valence-electron chi connectivity index (χ0n) is 9.44. The smallest absolute Gasteiger partial charge is 0.268 e. The van der Waals surface area contributed by atoms with Crippen LogP contribution in [0.4, 0.5) is 0 Å². The molecule has 0 saturated carbocycles. The number of amides is 1. The minimum Gasteiger partial charge on any atom is -0.345 e. The fourth-order valence-corrected chi connectivity index (χ4v) is 1.76. The molecule has 0 saturated heterocycles. The Morgan fingerprint density at radius 2 is 2.41 bits per heavy atom. The summed E-state index contributed by atoms with van der Waals surface area (Å²) in [5, 5.41) is 9.77. The van der Waals surface area contributed by atoms with Gasteiger partial charge in [-0.3, -0.25) is 9.89 Å². The zero-order chi connectivity index (χ0) is 12.4. The summed E-state index contributed by atoms with van der Waals surface area (Å²) in [5.74, 6) is 0.405. The van der Waals surface area contributed by atoms with Crippen LogP contribution in [-0.4, -0.2) is 25.7 Å². The van der Waals surface area contributed by atoms with Crippen LogP contribution in [0.3, 0.4) is 0 Å². The van der Waals surface area contributed by atoms with Crippen LogP contribution >= 0.6 is 11.6 Å². The van der Waals surface area contributed by atoms with Crippen LogP contribution in [0.1, 0.15) is 29.3 Å². The number of aryl methyl sites for hydroxylation is 1. The Balaban J connectivity index is 2.09. The maximum absolute atomic E-state index is 11.9. The Bertz CT molecular complexity index is 519. The van der Waals surface area contributed by atoms with Crippen LogP contribution in [-0.2, 0) is 7.05 Å². The zero-order valence-corrected chi connectivity index (χ0v) is 10.2. The first-order chi connectivity index (χ1) is 8.08. The molecule has 2 rings (SSSR count). The Labute approximate surface area is 103 Å². The summed E-state index contributed by atoms with van der Waals surface area (Å²) in [7, 11) is 1.76. The van der Waals surface area contributed by atoms with Gasteiger partial charge in [-0.15, -0.1) is 0 Å². The van der Waals surface area contributed by atoms with Gasteiger partial charge in [0, 0.05) is 13.2 Å². The van der Waals surface area contributed by atoms with E-state index in [1.54, 1.807) is 23.9 Å². The first-order valence-corrected chi connectivity index (χ1v) is 5.43. The number of rotatable bonds is 3. The lowest BCUT2D eigenvalue weighted by Gasteiger charge is -2.11. The number of nitrogens with zero attached hydrogens (tertiary/aromatic N) is 3. The molecule has 0 spiro atoms. The molecule has 17 heavy (non-hydrogen) atoms. The van der Waals surface area contributed by atoms with Crippen molar-refractivity contribution < 1.29 is 4.79 Å². The summed E-state index contributed by atoms with van der Waals surface area (Å²) in [6, 6.07) is 1.38. The van der Waals surface area contributed by atoms with E-state index in [9.17, 15) is 4.79 Å². The summed E-state index contributed by atoms with van der Waals surface area (Å²) >= 11 is 5.82. The van der Waals surface area contributed by atoms with E-state index >= 15 is 0 Å². The van der Waals surface area contributed by atoms with Crippen molar-refractivity contribution >= 4 is 17.5 Å². The molecule has 0 aromatic carbocycles. The normalized spacial score (nSPS) is 12.4. The van der Waals surface area contributed by atoms with E-state index < -0.39 is 0 Å². The van der Waals surface area contributed by atoms with E-state index in [2.05, 4.69) is 20.5 Å². The second kappa shape index (κ2) is 4.58. The second-order valence-corrected chi connectivity index (χ2v) is 4.16. The summed E-state index contributed by atoms with van der Waals surface area (Å²) in [6.07, 6.45) is 3.08. The van der Waals surface area contributed by atoms with E-state index in [-0.39, 0.29) is 11.9 Å². The SMILES string of the molecule is CC(NC(=O)c1cc(Cl)cn1C)c1ncn[nH]1. The maximum atomic E-state index is 11.9. The fraction of sp³-hybridized carbons (Fsp3) is 0.300. The maximum Gasteiger partial charge on any atom is 0.268 e. The highest BCUT2D eigenvalue weighted by Crippen LogP contribution is 2.14. The molecule has 2 heterocycles. The summed E-state index contributed by atoms with van der Waals surface area (Å²) in [5.41, 5.74) is 0.501. The molecule has 7 heteroatoms. The summed E-state index contributed by atoms with van der Waals surface area (Å²) in [4.78, 5) is 15.9. The molecule has 0 aliphatic rings. The van der Waals surface area contributed by atoms with Crippen molar-refractivity contribution in [3.8, 4) is 0 Å². The van der Waals surface area contributed by atoms with Gasteiger partial charge in [0.1, 0.15) is 17.8 Å². The van der Waals surface area contributed by atoms with Gasteiger partial charge >= 0.3 is 0 Å². The summed E-state index contributed by atoms with van der Waals surface area (Å²) < 4.78 is 1.67. The molecule has 1 amide bonds. The van der Waals surface area contributed by atoms with E-state index in [0.717, 1.165) is 0 Å². The highest BCUT2D eigenvalue weighted by atomic mass is 35.5. The number of H-pyrrole nitrogens is 1. The predicted molar refractivity (Wildman–Crippen MR) is 62.7 cm³/mol. The molecule has 0 fully saturated rings. The number of halogens is 1. The molecule has 90 valence electrons. The van der Waals surface area contributed by atoms with Gasteiger partial charge in [0.25, 0.3) is 5.91 Å². The van der Waals surface area contributed by atoms with Gasteiger partial charge in [-0.05, 0) is 13.0 Å². The van der Waals surface area contributed by atoms with E-state index in [4.69, 9.17) is 11.6 Å². The van der Waals surface area contributed by atoms with Gasteiger partial charge in [0.2, 0.25) is 0 Å². The lowest BCUT2D eigenvalue weighted by molar-refractivity contribution is 0.0930. The average Bonchev–Trinajstić information content (AvgIpc) is 2.87. The number of nitrogens with one attached hydrogen (secondary N) is 2. The van der Waals surface area contributed by atoms with Crippen LogP contribution in [0, 0.1) is 0 Å². The minimum atomic E-state index is -0.237. The molecule has 0 aliphatic heterocycles. The molecule has 1 atom stereocenters. The molecule has 2 aromatic heterocycles. The molecule has 6 nitrogen and oxygen atoms in total. The van der Waals surface area contributed by atoms with Gasteiger partial charge in [-0.1, -0.05) is 11.6 Å². The van der Waals surface area contributed by atoms with Gasteiger partial charge in [0.05, 0.1) is 11.1 Å². The number of aromatic nitrogens is 4. The average molecular weight is 254 g/mol. The van der Waals surface area contributed by atoms with Crippen LogP contribution < -0.4 is 5.32 Å². The molecule has 2 N–H and O–H groups in total. The Hall–Kier alpha value is -1.82. The van der Waals surface area contributed by atoms with Gasteiger partial charge in [0.15, 0.2) is 0 Å². The molecule has 0 radical (unpaired) electrons. The number of carbonyl (C=O) groups excluding carboxylic acids is 1. The highest BCUT2D eigenvalue weighted by Gasteiger charge is 2.16. The molecule has 2 aromatic rings. The standard InChI is InChI=1S/C10H12ClN5O/c1-6(9-12-5-13-15-9)14-10(17)8-3-7(11)4-16(8)2/h3-6H,1-2H3,(H,14,17)(H,12,13,15). The largest absolute Gasteiger partial charge is 0.345 e. The van der Waals surface area contributed by atoms with Crippen molar-refractivity contribution in [1.29, 1.82) is 0 Å². The lowest BCUT2D eigenvalue weighted by Crippen LogP contribution is -2.28. The summed E-state index contributed by atoms with van der Waals surface area (Å²) in [6.45, 7) is 1.82. The van der Waals surface area contributed by atoms with E-state index in [1.165, 1.54) is 6.33 Å². The number of carbonyl (C=O) groups is 1. The number of hydrogen-bond acceptors (Lipinski definition) is 3. The third-order valence-corrected chi connectivity index (χ3v) is 2.60. The van der Waals surface area contributed by atoms with Crippen LogP contribution in [0.2, 0.25) is 5.02 Å². The molecular formula is C10H12ClN5O. The molecule has 1 unspecified atom stereocenters. The monoisotopic (exact) mass is 253 g/mol. The number of hydrogen-bond donors (Lipinski definition) is 2. The quantitative estimate of drug-likeness (QED) is 0.865. The Kier molecular flexibility index (Phi) is 3.14. The molecular weight excluding hydrogens is 242 g/mol. The Morgan fingerprint density at radius 3 is 2.94 bits per heavy atom. The lowest BCUT2D eigenvalue weighted by atomic mass is 10.3. The van der Waals surface area contributed by atoms with Crippen LogP contribution in [0.25, 0.3) is 0 Å². The molecule has 0 aliphatic carbocycles. The van der Waals surface area contributed by atoms with E-state index in [1.807, 2.05) is 6.92 Å². The second-order valence-electron chi connectivity index (χ2n) is 3.72. The first kappa shape index (κ1) is 11.7. The molecule has 0 bridgehead atoms. The van der Waals surface area contributed by atoms with Crippen molar-refractivity contribution in [2.75, 3.05) is 0 Å². The third kappa shape index (κ3) is 2.47. The minimum absolute atomic E-state index is 0.205. The highest BCUT2D eigenvalue weighted by molar-refractivity contribution is 6.31. The van der Waals surface area contributed by atoms with Crippen LogP contribution in [0.15, 0.2) is 18.6 Å². The van der Waals surface area contributed by atoms with Crippen molar-refractivity contribution in [3.05, 3.63) is 35.1 Å². The predicted octanol–water partition coefficient (Wildman–Crippen LogP) is 1.29. The van der Waals surface area contributed by atoms with Crippen molar-refractivity contribution in [2.45, 2.75) is 13.0 Å². The topological polar surface area (TPSA) is 75.6 Å². The van der Waals surface area contributed by atoms with Gasteiger partial charge < -0.3 is 9.88 Å². The van der Waals surface area contributed by atoms with Crippen molar-refractivity contribution in [2.24, 2.45) is 7.05 Å². The Morgan fingerprint density at radius 1 is 1.65 bits per heavy atom. The van der Waals surface area contributed by atoms with Gasteiger partial charge in [-0.2, -0.15) is 5.10 Å². The fourth-order valence-electron chi connectivity index (χ4n) is 1.51. The van der Waals surface area contributed by atoms with Crippen LogP contribution in [0.5, 0.6) is 0 Å². The van der Waals surface area contributed by atoms with Crippen molar-refractivity contribution in [3.63, 3.8) is 0 Å². The first-order valence-electron chi connectivity index (χ1n) is 5.06.